The van der Waals surface area contributed by atoms with Crippen LogP contribution in [-0.4, -0.2) is 69.5 Å². The fraction of sp³-hybridized carbons (Fsp3) is 0.571. The normalized spacial score (nSPS) is 19.2. The Hall–Kier alpha value is -1.93. The van der Waals surface area contributed by atoms with Crippen LogP contribution < -0.4 is 0 Å². The largest absolute Gasteiger partial charge is 0.459 e. The fourth-order valence-electron chi connectivity index (χ4n) is 3.01. The van der Waals surface area contributed by atoms with Crippen molar-refractivity contribution in [3.8, 4) is 0 Å². The third-order valence-electron chi connectivity index (χ3n) is 4.65. The Morgan fingerprint density at radius 1 is 1.25 bits per heavy atom. The Morgan fingerprint density at radius 2 is 1.96 bits per heavy atom. The second-order valence-electron chi connectivity index (χ2n) is 6.72. The van der Waals surface area contributed by atoms with Crippen LogP contribution in [0.3, 0.4) is 0 Å². The molecule has 0 aliphatic carbocycles. The first-order chi connectivity index (χ1) is 13.6. The lowest BCUT2D eigenvalue weighted by Crippen LogP contribution is -2.39. The van der Waals surface area contributed by atoms with E-state index in [4.69, 9.17) is 24.1 Å². The summed E-state index contributed by atoms with van der Waals surface area (Å²) in [6.07, 6.45) is 2.88. The van der Waals surface area contributed by atoms with Gasteiger partial charge < -0.3 is 29.0 Å². The van der Waals surface area contributed by atoms with Crippen LogP contribution in [0.1, 0.15) is 30.7 Å². The number of aliphatic hydroxyl groups excluding tert-OH is 1. The number of methoxy groups -OCH3 is 2. The minimum Gasteiger partial charge on any atom is -0.459 e. The first-order valence-corrected chi connectivity index (χ1v) is 9.56. The van der Waals surface area contributed by atoms with Crippen LogP contribution in [0.4, 0.5) is 0 Å². The summed E-state index contributed by atoms with van der Waals surface area (Å²) in [4.78, 5) is 14.4. The molecule has 0 fully saturated rings. The van der Waals surface area contributed by atoms with E-state index in [0.29, 0.717) is 19.4 Å². The van der Waals surface area contributed by atoms with Gasteiger partial charge in [0, 0.05) is 40.2 Å². The molecule has 2 rings (SSSR count). The van der Waals surface area contributed by atoms with Gasteiger partial charge in [0.2, 0.25) is 6.29 Å². The van der Waals surface area contributed by atoms with E-state index < -0.39 is 12.6 Å². The summed E-state index contributed by atoms with van der Waals surface area (Å²) in [5.74, 6) is 0.0372. The molecule has 7 heteroatoms. The van der Waals surface area contributed by atoms with Gasteiger partial charge in [-0.25, -0.2) is 0 Å². The van der Waals surface area contributed by atoms with Crippen molar-refractivity contribution in [2.75, 3.05) is 41.0 Å². The number of likely N-dealkylation sites (N-methyl/N-ethyl adjacent to an activating group) is 1. The summed E-state index contributed by atoms with van der Waals surface area (Å²) < 4.78 is 22.0. The minimum absolute atomic E-state index is 0.0192. The van der Waals surface area contributed by atoms with Crippen LogP contribution in [0.2, 0.25) is 0 Å². The molecule has 7 nitrogen and oxygen atoms in total. The average molecular weight is 393 g/mol. The van der Waals surface area contributed by atoms with Crippen molar-refractivity contribution < 1.29 is 28.8 Å². The first kappa shape index (κ1) is 22.4. The number of aliphatic hydroxyl groups is 1. The maximum absolute atomic E-state index is 12.9. The van der Waals surface area contributed by atoms with Gasteiger partial charge in [-0.05, 0) is 24.5 Å². The number of ether oxygens (including phenoxy) is 4. The van der Waals surface area contributed by atoms with Crippen molar-refractivity contribution in [3.05, 3.63) is 47.7 Å². The summed E-state index contributed by atoms with van der Waals surface area (Å²) in [5, 5.41) is 8.92. The lowest BCUT2D eigenvalue weighted by Gasteiger charge is -2.31. The van der Waals surface area contributed by atoms with Crippen molar-refractivity contribution in [2.45, 2.75) is 37.8 Å². The molecule has 0 spiro atoms. The lowest BCUT2D eigenvalue weighted by molar-refractivity contribution is -0.158. The van der Waals surface area contributed by atoms with Gasteiger partial charge in [-0.15, -0.1) is 0 Å². The van der Waals surface area contributed by atoms with Crippen molar-refractivity contribution in [3.63, 3.8) is 0 Å². The molecule has 0 aromatic heterocycles. The van der Waals surface area contributed by atoms with Gasteiger partial charge in [0.25, 0.3) is 5.91 Å². The van der Waals surface area contributed by atoms with E-state index in [0.717, 1.165) is 12.0 Å². The molecule has 0 radical (unpaired) electrons. The number of amides is 1. The highest BCUT2D eigenvalue weighted by Gasteiger charge is 2.30. The highest BCUT2D eigenvalue weighted by molar-refractivity contribution is 5.91. The SMILES string of the molecule is COC(CN(C)C(=O)C1=CC(c2ccccc2)CC(OCCCCO)O1)OC. The van der Waals surface area contributed by atoms with E-state index in [2.05, 4.69) is 0 Å². The van der Waals surface area contributed by atoms with Gasteiger partial charge in [0.05, 0.1) is 13.2 Å². The zero-order chi connectivity index (χ0) is 20.4. The molecule has 0 saturated carbocycles. The molecule has 1 aromatic carbocycles. The first-order valence-electron chi connectivity index (χ1n) is 9.56. The van der Waals surface area contributed by atoms with Crippen molar-refractivity contribution in [2.24, 2.45) is 0 Å². The number of unbranched alkanes of at least 4 members (excludes halogenated alkanes) is 1. The molecule has 0 saturated heterocycles. The third kappa shape index (κ3) is 6.60. The number of nitrogens with zero attached hydrogens (tertiary/aromatic N) is 1. The van der Waals surface area contributed by atoms with Gasteiger partial charge >= 0.3 is 0 Å². The minimum atomic E-state index is -0.512. The Morgan fingerprint density at radius 3 is 2.61 bits per heavy atom. The van der Waals surface area contributed by atoms with Gasteiger partial charge in [0.15, 0.2) is 12.0 Å². The van der Waals surface area contributed by atoms with Gasteiger partial charge in [-0.1, -0.05) is 30.3 Å². The van der Waals surface area contributed by atoms with Crippen molar-refractivity contribution >= 4 is 5.91 Å². The predicted molar refractivity (Wildman–Crippen MR) is 104 cm³/mol. The molecule has 1 amide bonds. The second kappa shape index (κ2) is 11.8. The van der Waals surface area contributed by atoms with Gasteiger partial charge in [-0.3, -0.25) is 4.79 Å². The number of allylic oxidation sites excluding steroid dienone is 1. The molecule has 156 valence electrons. The van der Waals surface area contributed by atoms with Crippen LogP contribution in [0.25, 0.3) is 0 Å². The lowest BCUT2D eigenvalue weighted by atomic mass is 9.93. The van der Waals surface area contributed by atoms with E-state index in [9.17, 15) is 4.79 Å². The van der Waals surface area contributed by atoms with Gasteiger partial charge in [-0.2, -0.15) is 0 Å². The molecule has 1 N–H and O–H groups in total. The maximum atomic E-state index is 12.9. The van der Waals surface area contributed by atoms with Crippen LogP contribution >= 0.6 is 0 Å². The van der Waals surface area contributed by atoms with Crippen LogP contribution in [0.15, 0.2) is 42.2 Å². The molecular formula is C21H31NO6. The average Bonchev–Trinajstić information content (AvgIpc) is 2.74. The van der Waals surface area contributed by atoms with Gasteiger partial charge in [0.1, 0.15) is 0 Å². The number of benzene rings is 1. The van der Waals surface area contributed by atoms with E-state index >= 15 is 0 Å². The monoisotopic (exact) mass is 393 g/mol. The Labute approximate surface area is 166 Å². The number of carbonyl (C=O) groups is 1. The summed E-state index contributed by atoms with van der Waals surface area (Å²) in [6, 6.07) is 9.99. The molecule has 2 unspecified atom stereocenters. The Bertz CT molecular complexity index is 617. The van der Waals surface area contributed by atoms with Crippen LogP contribution in [0.5, 0.6) is 0 Å². The zero-order valence-electron chi connectivity index (χ0n) is 16.9. The van der Waals surface area contributed by atoms with Crippen molar-refractivity contribution in [1.29, 1.82) is 0 Å². The predicted octanol–water partition coefficient (Wildman–Crippen LogP) is 2.27. The molecule has 28 heavy (non-hydrogen) atoms. The summed E-state index contributed by atoms with van der Waals surface area (Å²) in [5.41, 5.74) is 1.11. The molecule has 0 bridgehead atoms. The smallest absolute Gasteiger partial charge is 0.288 e. The number of hydrogen-bond donors (Lipinski definition) is 1. The summed E-state index contributed by atoms with van der Waals surface area (Å²) in [7, 11) is 4.75. The van der Waals surface area contributed by atoms with E-state index in [-0.39, 0.29) is 30.7 Å². The number of hydrogen-bond acceptors (Lipinski definition) is 6. The quantitative estimate of drug-likeness (QED) is 0.459. The molecule has 1 aliphatic rings. The molecule has 1 heterocycles. The molecule has 2 atom stereocenters. The highest BCUT2D eigenvalue weighted by Crippen LogP contribution is 2.32. The fourth-order valence-corrected chi connectivity index (χ4v) is 3.01. The Balaban J connectivity index is 2.11. The number of carbonyl (C=O) groups excluding carboxylic acids is 1. The second-order valence-corrected chi connectivity index (χ2v) is 6.72. The van der Waals surface area contributed by atoms with E-state index in [1.165, 1.54) is 19.1 Å². The van der Waals surface area contributed by atoms with E-state index in [1.54, 1.807) is 7.05 Å². The standard InChI is InChI=1S/C21H31NO6/c1-22(15-20(25-2)26-3)21(24)18-13-17(16-9-5-4-6-10-16)14-19(28-18)27-12-8-7-11-23/h4-6,9-10,13,17,19-20,23H,7-8,11-12,14-15H2,1-3H3. The molecular weight excluding hydrogens is 362 g/mol. The number of rotatable bonds is 11. The third-order valence-corrected chi connectivity index (χ3v) is 4.65. The molecule has 1 aromatic rings. The Kier molecular flexibility index (Phi) is 9.43. The summed E-state index contributed by atoms with van der Waals surface area (Å²) in [6.45, 7) is 0.889. The topological polar surface area (TPSA) is 77.5 Å². The van der Waals surface area contributed by atoms with Crippen molar-refractivity contribution in [1.82, 2.24) is 4.90 Å². The van der Waals surface area contributed by atoms with E-state index in [1.807, 2.05) is 36.4 Å². The molecule has 1 aliphatic heterocycles. The highest BCUT2D eigenvalue weighted by atomic mass is 16.7. The van der Waals surface area contributed by atoms with Crippen LogP contribution in [0, 0.1) is 0 Å². The zero-order valence-corrected chi connectivity index (χ0v) is 16.9. The summed E-state index contributed by atoms with van der Waals surface area (Å²) >= 11 is 0. The maximum Gasteiger partial charge on any atom is 0.288 e. The van der Waals surface area contributed by atoms with Crippen LogP contribution in [-0.2, 0) is 23.7 Å².